The quantitative estimate of drug-likeness (QED) is 0.572. The molecule has 0 saturated carbocycles. The van der Waals surface area contributed by atoms with Gasteiger partial charge in [-0.05, 0) is 37.8 Å². The lowest BCUT2D eigenvalue weighted by molar-refractivity contribution is 0.0986. The first kappa shape index (κ1) is 12.0. The van der Waals surface area contributed by atoms with Crippen molar-refractivity contribution in [3.63, 3.8) is 0 Å². The standard InChI is InChI=1S/C14H14F2O/c15-12-8-4-7-11(14(12)16)13(17)9-10-5-2-1-3-6-10/h4-5,7-8H,1-3,6,9H2. The second-order valence-corrected chi connectivity index (χ2v) is 4.31. The Morgan fingerprint density at radius 1 is 1.24 bits per heavy atom. The van der Waals surface area contributed by atoms with E-state index in [-0.39, 0.29) is 17.8 Å². The van der Waals surface area contributed by atoms with Crippen LogP contribution in [-0.4, -0.2) is 5.78 Å². The fraction of sp³-hybridized carbons (Fsp3) is 0.357. The van der Waals surface area contributed by atoms with Gasteiger partial charge in [-0.1, -0.05) is 17.7 Å². The maximum atomic E-state index is 13.4. The Balaban J connectivity index is 2.14. The number of allylic oxidation sites excluding steroid dienone is 2. The molecule has 1 aliphatic rings. The summed E-state index contributed by atoms with van der Waals surface area (Å²) in [5, 5.41) is 0. The minimum atomic E-state index is -1.03. The monoisotopic (exact) mass is 236 g/mol. The van der Waals surface area contributed by atoms with Crippen LogP contribution in [-0.2, 0) is 0 Å². The highest BCUT2D eigenvalue weighted by molar-refractivity contribution is 5.97. The highest BCUT2D eigenvalue weighted by Crippen LogP contribution is 2.23. The SMILES string of the molecule is O=C(CC1=CCCCC1)c1cccc(F)c1F. The first-order valence-corrected chi connectivity index (χ1v) is 5.83. The van der Waals surface area contributed by atoms with Crippen LogP contribution in [0.4, 0.5) is 8.78 Å². The summed E-state index contributed by atoms with van der Waals surface area (Å²) in [7, 11) is 0. The van der Waals surface area contributed by atoms with Gasteiger partial charge in [0, 0.05) is 6.42 Å². The lowest BCUT2D eigenvalue weighted by Crippen LogP contribution is -2.06. The van der Waals surface area contributed by atoms with Crippen LogP contribution in [0.1, 0.15) is 42.5 Å². The second-order valence-electron chi connectivity index (χ2n) is 4.31. The van der Waals surface area contributed by atoms with Crippen LogP contribution in [0.5, 0.6) is 0 Å². The van der Waals surface area contributed by atoms with E-state index in [1.54, 1.807) is 0 Å². The molecule has 0 N–H and O–H groups in total. The molecule has 0 bridgehead atoms. The number of benzene rings is 1. The molecule has 0 atom stereocenters. The Labute approximate surface area is 99.1 Å². The number of hydrogen-bond acceptors (Lipinski definition) is 1. The maximum Gasteiger partial charge on any atom is 0.169 e. The van der Waals surface area contributed by atoms with Gasteiger partial charge in [0.2, 0.25) is 0 Å². The molecule has 0 unspecified atom stereocenters. The van der Waals surface area contributed by atoms with Crippen LogP contribution in [0.15, 0.2) is 29.8 Å². The lowest BCUT2D eigenvalue weighted by Gasteiger charge is -2.12. The normalized spacial score (nSPS) is 15.5. The molecule has 1 aromatic rings. The molecular formula is C14H14F2O. The average molecular weight is 236 g/mol. The fourth-order valence-corrected chi connectivity index (χ4v) is 2.09. The van der Waals surface area contributed by atoms with Gasteiger partial charge in [-0.2, -0.15) is 0 Å². The fourth-order valence-electron chi connectivity index (χ4n) is 2.09. The van der Waals surface area contributed by atoms with Crippen LogP contribution < -0.4 is 0 Å². The van der Waals surface area contributed by atoms with Crippen molar-refractivity contribution < 1.29 is 13.6 Å². The molecule has 3 heteroatoms. The van der Waals surface area contributed by atoms with Gasteiger partial charge >= 0.3 is 0 Å². The summed E-state index contributed by atoms with van der Waals surface area (Å²) in [6, 6.07) is 3.72. The molecule has 0 spiro atoms. The van der Waals surface area contributed by atoms with Crippen molar-refractivity contribution in [2.45, 2.75) is 32.1 Å². The number of rotatable bonds is 3. The van der Waals surface area contributed by atoms with Crippen molar-refractivity contribution >= 4 is 5.78 Å². The van der Waals surface area contributed by atoms with Gasteiger partial charge in [-0.25, -0.2) is 8.78 Å². The third-order valence-corrected chi connectivity index (χ3v) is 3.02. The molecule has 0 radical (unpaired) electrons. The predicted octanol–water partition coefficient (Wildman–Crippen LogP) is 4.04. The van der Waals surface area contributed by atoms with Gasteiger partial charge in [0.15, 0.2) is 17.4 Å². The Bertz CT molecular complexity index is 463. The predicted molar refractivity (Wildman–Crippen MR) is 61.9 cm³/mol. The third-order valence-electron chi connectivity index (χ3n) is 3.02. The van der Waals surface area contributed by atoms with E-state index in [0.717, 1.165) is 37.3 Å². The highest BCUT2D eigenvalue weighted by Gasteiger charge is 2.16. The Morgan fingerprint density at radius 2 is 2.06 bits per heavy atom. The molecule has 1 nitrogen and oxygen atoms in total. The molecular weight excluding hydrogens is 222 g/mol. The Kier molecular flexibility index (Phi) is 3.67. The maximum absolute atomic E-state index is 13.4. The number of hydrogen-bond donors (Lipinski definition) is 0. The summed E-state index contributed by atoms with van der Waals surface area (Å²) in [4.78, 5) is 11.8. The van der Waals surface area contributed by atoms with E-state index >= 15 is 0 Å². The van der Waals surface area contributed by atoms with Gasteiger partial charge in [-0.15, -0.1) is 0 Å². The van der Waals surface area contributed by atoms with Crippen molar-refractivity contribution in [1.29, 1.82) is 0 Å². The smallest absolute Gasteiger partial charge is 0.169 e. The Morgan fingerprint density at radius 3 is 2.76 bits per heavy atom. The number of halogens is 2. The minimum Gasteiger partial charge on any atom is -0.294 e. The lowest BCUT2D eigenvalue weighted by atomic mass is 9.93. The summed E-state index contributed by atoms with van der Waals surface area (Å²) < 4.78 is 26.4. The molecule has 1 aromatic carbocycles. The third kappa shape index (κ3) is 2.78. The number of carbonyl (C=O) groups excluding carboxylic acids is 1. The largest absolute Gasteiger partial charge is 0.294 e. The van der Waals surface area contributed by atoms with Crippen molar-refractivity contribution in [3.05, 3.63) is 47.0 Å². The zero-order valence-electron chi connectivity index (χ0n) is 9.51. The van der Waals surface area contributed by atoms with Crippen molar-refractivity contribution in [3.8, 4) is 0 Å². The zero-order valence-corrected chi connectivity index (χ0v) is 9.51. The van der Waals surface area contributed by atoms with Gasteiger partial charge in [0.25, 0.3) is 0 Å². The molecule has 0 amide bonds. The van der Waals surface area contributed by atoms with E-state index in [2.05, 4.69) is 0 Å². The minimum absolute atomic E-state index is 0.142. The van der Waals surface area contributed by atoms with Gasteiger partial charge in [0.05, 0.1) is 5.56 Å². The van der Waals surface area contributed by atoms with E-state index in [9.17, 15) is 13.6 Å². The summed E-state index contributed by atoms with van der Waals surface area (Å²) in [5.41, 5.74) is 0.904. The number of Topliss-reactive ketones (excluding diaryl/α,β-unsaturated/α-hetero) is 1. The molecule has 0 fully saturated rings. The Hall–Kier alpha value is -1.51. The van der Waals surface area contributed by atoms with Gasteiger partial charge in [-0.3, -0.25) is 4.79 Å². The molecule has 17 heavy (non-hydrogen) atoms. The summed E-state index contributed by atoms with van der Waals surface area (Å²) in [6.45, 7) is 0. The highest BCUT2D eigenvalue weighted by atomic mass is 19.2. The molecule has 0 saturated heterocycles. The van der Waals surface area contributed by atoms with Crippen LogP contribution >= 0.6 is 0 Å². The topological polar surface area (TPSA) is 17.1 Å². The van der Waals surface area contributed by atoms with E-state index in [4.69, 9.17) is 0 Å². The second kappa shape index (κ2) is 5.21. The number of carbonyl (C=O) groups is 1. The van der Waals surface area contributed by atoms with E-state index < -0.39 is 11.6 Å². The average Bonchev–Trinajstić information content (AvgIpc) is 2.34. The zero-order chi connectivity index (χ0) is 12.3. The molecule has 90 valence electrons. The number of ketones is 1. The van der Waals surface area contributed by atoms with Crippen molar-refractivity contribution in [1.82, 2.24) is 0 Å². The van der Waals surface area contributed by atoms with Gasteiger partial charge < -0.3 is 0 Å². The molecule has 0 aliphatic heterocycles. The molecule has 1 aliphatic carbocycles. The summed E-state index contributed by atoms with van der Waals surface area (Å²) >= 11 is 0. The van der Waals surface area contributed by atoms with Crippen molar-refractivity contribution in [2.24, 2.45) is 0 Å². The molecule has 0 heterocycles. The van der Waals surface area contributed by atoms with E-state index in [1.165, 1.54) is 12.1 Å². The summed E-state index contributed by atoms with van der Waals surface area (Å²) in [5.74, 6) is -2.34. The van der Waals surface area contributed by atoms with Gasteiger partial charge in [0.1, 0.15) is 0 Å². The first-order chi connectivity index (χ1) is 8.18. The van der Waals surface area contributed by atoms with Crippen LogP contribution in [0.2, 0.25) is 0 Å². The first-order valence-electron chi connectivity index (χ1n) is 5.83. The summed E-state index contributed by atoms with van der Waals surface area (Å²) in [6.07, 6.45) is 6.34. The van der Waals surface area contributed by atoms with E-state index in [1.807, 2.05) is 6.08 Å². The van der Waals surface area contributed by atoms with Crippen LogP contribution in [0.3, 0.4) is 0 Å². The van der Waals surface area contributed by atoms with Crippen LogP contribution in [0.25, 0.3) is 0 Å². The molecule has 0 aromatic heterocycles. The van der Waals surface area contributed by atoms with Crippen molar-refractivity contribution in [2.75, 3.05) is 0 Å². The van der Waals surface area contributed by atoms with Crippen LogP contribution in [0, 0.1) is 11.6 Å². The van der Waals surface area contributed by atoms with E-state index in [0.29, 0.717) is 0 Å². The molecule has 2 rings (SSSR count).